The standard InChI is InChI=1S/C39H49N2S2/c1-7-40-32-13-9-11-15-34(32)42-36(40)25-30-23-28(19-21-38(3,4)27-30)17-18-29-24-31(20-22-39(5,6)26-29)37-41(8-2)33-14-10-12-16-35(33)43-37/h9-18,23-25,28,31H,7-8,19-22,26-27H2,1-6H3/q+1/b18-17?,36-25-. The van der Waals surface area contributed by atoms with Gasteiger partial charge in [0, 0.05) is 17.5 Å². The zero-order valence-electron chi connectivity index (χ0n) is 27.0. The maximum Gasteiger partial charge on any atom is 0.245 e. The molecule has 2 aromatic carbocycles. The van der Waals surface area contributed by atoms with Gasteiger partial charge in [0.05, 0.1) is 16.6 Å². The highest BCUT2D eigenvalue weighted by atomic mass is 32.2. The lowest BCUT2D eigenvalue weighted by atomic mass is 9.82. The second-order valence-corrected chi connectivity index (χ2v) is 16.4. The molecule has 0 spiro atoms. The van der Waals surface area contributed by atoms with E-state index in [1.54, 1.807) is 0 Å². The average molecular weight is 610 g/mol. The van der Waals surface area contributed by atoms with Crippen LogP contribution in [0.3, 0.4) is 0 Å². The molecule has 1 aliphatic heterocycles. The molecule has 0 bridgehead atoms. The number of hydrogen-bond acceptors (Lipinski definition) is 3. The Labute approximate surface area is 268 Å². The highest BCUT2D eigenvalue weighted by molar-refractivity contribution is 8.03. The second kappa shape index (κ2) is 12.4. The van der Waals surface area contributed by atoms with Crippen molar-refractivity contribution in [3.63, 3.8) is 0 Å². The first kappa shape index (κ1) is 30.5. The van der Waals surface area contributed by atoms with Gasteiger partial charge in [-0.1, -0.05) is 105 Å². The maximum absolute atomic E-state index is 2.63. The molecule has 0 N–H and O–H groups in total. The molecule has 226 valence electrons. The predicted molar refractivity (Wildman–Crippen MR) is 188 cm³/mol. The van der Waals surface area contributed by atoms with Crippen molar-refractivity contribution in [1.29, 1.82) is 0 Å². The number of anilines is 1. The first-order valence-corrected chi connectivity index (χ1v) is 18.0. The van der Waals surface area contributed by atoms with Gasteiger partial charge in [0.15, 0.2) is 0 Å². The fourth-order valence-electron chi connectivity index (χ4n) is 7.31. The third kappa shape index (κ3) is 6.76. The number of hydrogen-bond donors (Lipinski definition) is 0. The summed E-state index contributed by atoms with van der Waals surface area (Å²) in [6.07, 6.45) is 20.0. The molecule has 43 heavy (non-hydrogen) atoms. The van der Waals surface area contributed by atoms with Crippen LogP contribution in [0.5, 0.6) is 0 Å². The lowest BCUT2D eigenvalue weighted by Crippen LogP contribution is -2.36. The van der Waals surface area contributed by atoms with E-state index in [0.29, 0.717) is 22.7 Å². The van der Waals surface area contributed by atoms with Crippen molar-refractivity contribution >= 4 is 39.0 Å². The normalized spacial score (nSPS) is 24.6. The molecule has 0 saturated carbocycles. The molecule has 2 unspecified atom stereocenters. The number of para-hydroxylation sites is 2. The molecule has 2 atom stereocenters. The number of allylic oxidation sites excluding steroid dienone is 7. The highest BCUT2D eigenvalue weighted by Crippen LogP contribution is 2.47. The van der Waals surface area contributed by atoms with Crippen molar-refractivity contribution in [3.8, 4) is 0 Å². The van der Waals surface area contributed by atoms with Crippen molar-refractivity contribution < 1.29 is 4.57 Å². The molecule has 0 saturated heterocycles. The van der Waals surface area contributed by atoms with Gasteiger partial charge in [0.1, 0.15) is 11.2 Å². The number of aryl methyl sites for hydroxylation is 1. The van der Waals surface area contributed by atoms with Gasteiger partial charge in [-0.2, -0.15) is 4.57 Å². The van der Waals surface area contributed by atoms with Crippen LogP contribution >= 0.6 is 23.1 Å². The van der Waals surface area contributed by atoms with Crippen molar-refractivity contribution in [2.24, 2.45) is 16.7 Å². The number of aromatic nitrogens is 1. The van der Waals surface area contributed by atoms with E-state index in [0.717, 1.165) is 25.9 Å². The summed E-state index contributed by atoms with van der Waals surface area (Å²) in [4.78, 5) is 3.86. The molecule has 0 amide bonds. The van der Waals surface area contributed by atoms with E-state index >= 15 is 0 Å². The lowest BCUT2D eigenvalue weighted by Gasteiger charge is -2.24. The molecule has 4 heteroatoms. The van der Waals surface area contributed by atoms with Gasteiger partial charge in [0.2, 0.25) is 10.5 Å². The number of nitrogens with zero attached hydrogens (tertiary/aromatic N) is 2. The molecule has 3 aliphatic rings. The molecule has 0 fully saturated rings. The first-order chi connectivity index (χ1) is 20.6. The number of rotatable bonds is 6. The summed E-state index contributed by atoms with van der Waals surface area (Å²) < 4.78 is 3.97. The van der Waals surface area contributed by atoms with Gasteiger partial charge in [0.25, 0.3) is 0 Å². The summed E-state index contributed by atoms with van der Waals surface area (Å²) >= 11 is 3.93. The van der Waals surface area contributed by atoms with Gasteiger partial charge < -0.3 is 4.90 Å². The quantitative estimate of drug-likeness (QED) is 0.257. The summed E-state index contributed by atoms with van der Waals surface area (Å²) in [5.41, 5.74) is 6.37. The van der Waals surface area contributed by atoms with Gasteiger partial charge in [-0.05, 0) is 99.0 Å². The van der Waals surface area contributed by atoms with Gasteiger partial charge in [-0.25, -0.2) is 0 Å². The lowest BCUT2D eigenvalue weighted by molar-refractivity contribution is -0.671. The Bertz CT molecular complexity index is 1600. The van der Waals surface area contributed by atoms with Crippen LogP contribution in [0.15, 0.2) is 100.0 Å². The van der Waals surface area contributed by atoms with Crippen molar-refractivity contribution in [2.45, 2.75) is 97.4 Å². The Balaban J connectivity index is 1.30. The molecular formula is C39H49N2S2+. The zero-order valence-corrected chi connectivity index (χ0v) is 28.7. The number of fused-ring (bicyclic) bond motifs is 2. The van der Waals surface area contributed by atoms with Gasteiger partial charge in [-0.15, -0.1) is 0 Å². The third-order valence-electron chi connectivity index (χ3n) is 9.58. The summed E-state index contributed by atoms with van der Waals surface area (Å²) in [5, 5.41) is 2.90. The fourth-order valence-corrected chi connectivity index (χ4v) is 9.84. The van der Waals surface area contributed by atoms with E-state index < -0.39 is 0 Å². The summed E-state index contributed by atoms with van der Waals surface area (Å²) in [5.74, 6) is 0.942. The maximum atomic E-state index is 2.63. The van der Waals surface area contributed by atoms with E-state index in [1.165, 1.54) is 67.7 Å². The van der Waals surface area contributed by atoms with Crippen LogP contribution in [0.2, 0.25) is 0 Å². The summed E-state index contributed by atoms with van der Waals surface area (Å²) in [6.45, 7) is 16.4. The molecule has 2 heterocycles. The molecular weight excluding hydrogens is 561 g/mol. The molecule has 1 aromatic heterocycles. The van der Waals surface area contributed by atoms with Crippen molar-refractivity contribution in [2.75, 3.05) is 11.4 Å². The molecule has 6 rings (SSSR count). The van der Waals surface area contributed by atoms with E-state index in [2.05, 4.69) is 130 Å². The Morgan fingerprint density at radius 1 is 0.884 bits per heavy atom. The van der Waals surface area contributed by atoms with Crippen LogP contribution in [0.4, 0.5) is 5.69 Å². The minimum atomic E-state index is 0.308. The zero-order chi connectivity index (χ0) is 30.2. The average Bonchev–Trinajstić information content (AvgIpc) is 3.42. The van der Waals surface area contributed by atoms with Gasteiger partial charge in [-0.3, -0.25) is 0 Å². The third-order valence-corrected chi connectivity index (χ3v) is 12.0. The minimum absolute atomic E-state index is 0.308. The summed E-state index contributed by atoms with van der Waals surface area (Å²) in [7, 11) is 0. The fraction of sp³-hybridized carbons (Fsp3) is 0.462. The van der Waals surface area contributed by atoms with E-state index in [-0.39, 0.29) is 0 Å². The van der Waals surface area contributed by atoms with Crippen molar-refractivity contribution in [3.05, 3.63) is 100 Å². The Kier molecular flexibility index (Phi) is 8.82. The molecule has 2 aliphatic carbocycles. The van der Waals surface area contributed by atoms with Crippen LogP contribution in [0, 0.1) is 16.7 Å². The van der Waals surface area contributed by atoms with Crippen LogP contribution < -0.4 is 9.47 Å². The number of thioether (sulfide) groups is 1. The second-order valence-electron chi connectivity index (χ2n) is 14.3. The Hall–Kier alpha value is -2.56. The summed E-state index contributed by atoms with van der Waals surface area (Å²) in [6, 6.07) is 17.8. The topological polar surface area (TPSA) is 7.12 Å². The van der Waals surface area contributed by atoms with Crippen molar-refractivity contribution in [1.82, 2.24) is 0 Å². The van der Waals surface area contributed by atoms with E-state index in [1.807, 2.05) is 23.1 Å². The predicted octanol–water partition coefficient (Wildman–Crippen LogP) is 11.2. The smallest absolute Gasteiger partial charge is 0.245 e. The number of thiazole rings is 1. The number of benzene rings is 2. The van der Waals surface area contributed by atoms with E-state index in [4.69, 9.17) is 0 Å². The first-order valence-electron chi connectivity index (χ1n) is 16.4. The Morgan fingerprint density at radius 2 is 1.60 bits per heavy atom. The Morgan fingerprint density at radius 3 is 2.40 bits per heavy atom. The molecule has 0 radical (unpaired) electrons. The van der Waals surface area contributed by atoms with Crippen LogP contribution in [-0.4, -0.2) is 6.54 Å². The minimum Gasteiger partial charge on any atom is -0.335 e. The van der Waals surface area contributed by atoms with E-state index in [9.17, 15) is 0 Å². The molecule has 3 aromatic rings. The monoisotopic (exact) mass is 609 g/mol. The largest absolute Gasteiger partial charge is 0.335 e. The highest BCUT2D eigenvalue weighted by Gasteiger charge is 2.32. The van der Waals surface area contributed by atoms with Gasteiger partial charge >= 0.3 is 0 Å². The van der Waals surface area contributed by atoms with Crippen LogP contribution in [0.1, 0.15) is 91.0 Å². The van der Waals surface area contributed by atoms with Crippen LogP contribution in [0.25, 0.3) is 10.2 Å². The SMILES string of the molecule is CCN1/C(=C/C2=CC(C=CC3=CC(c4sc5ccccc5[n+]4CC)CCC(C)(C)C3)CCC(C)(C)C2)Sc2ccccc21. The van der Waals surface area contributed by atoms with Crippen LogP contribution in [-0.2, 0) is 6.54 Å². The molecule has 2 nitrogen and oxygen atoms in total.